The van der Waals surface area contributed by atoms with Crippen molar-refractivity contribution >= 4 is 10.8 Å². The van der Waals surface area contributed by atoms with Gasteiger partial charge in [-0.05, 0) is 48.4 Å². The lowest BCUT2D eigenvalue weighted by Crippen LogP contribution is -2.17. The van der Waals surface area contributed by atoms with Crippen molar-refractivity contribution in [2.75, 3.05) is 20.3 Å². The van der Waals surface area contributed by atoms with Crippen molar-refractivity contribution in [3.63, 3.8) is 0 Å². The Morgan fingerprint density at radius 3 is 2.44 bits per heavy atom. The monoisotopic (exact) mass is 335 g/mol. The van der Waals surface area contributed by atoms with Crippen molar-refractivity contribution in [1.82, 2.24) is 0 Å². The van der Waals surface area contributed by atoms with Gasteiger partial charge in [0.25, 0.3) is 0 Å². The van der Waals surface area contributed by atoms with Gasteiger partial charge in [0, 0.05) is 11.5 Å². The zero-order valence-electron chi connectivity index (χ0n) is 14.9. The van der Waals surface area contributed by atoms with E-state index in [9.17, 15) is 0 Å². The molecular weight excluding hydrogens is 310 g/mol. The van der Waals surface area contributed by atoms with E-state index < -0.39 is 0 Å². The molecule has 3 heteroatoms. The highest BCUT2D eigenvalue weighted by Gasteiger charge is 2.19. The maximum Gasteiger partial charge on any atom is 0.122 e. The van der Waals surface area contributed by atoms with Crippen molar-refractivity contribution in [2.45, 2.75) is 19.3 Å². The van der Waals surface area contributed by atoms with Crippen molar-refractivity contribution in [3.8, 4) is 11.5 Å². The van der Waals surface area contributed by atoms with Gasteiger partial charge in [-0.15, -0.1) is 0 Å². The number of hydrogen-bond donors (Lipinski definition) is 1. The first kappa shape index (κ1) is 17.3. The first-order valence-electron chi connectivity index (χ1n) is 8.74. The molecule has 0 amide bonds. The van der Waals surface area contributed by atoms with Crippen LogP contribution in [0.25, 0.3) is 10.8 Å². The zero-order valence-corrected chi connectivity index (χ0v) is 14.9. The molecule has 25 heavy (non-hydrogen) atoms. The van der Waals surface area contributed by atoms with E-state index in [-0.39, 0.29) is 5.92 Å². The van der Waals surface area contributed by atoms with Gasteiger partial charge in [-0.1, -0.05) is 48.5 Å². The van der Waals surface area contributed by atoms with Crippen LogP contribution < -0.4 is 15.2 Å². The molecular formula is C22H25NO2. The van der Waals surface area contributed by atoms with E-state index in [2.05, 4.69) is 36.4 Å². The van der Waals surface area contributed by atoms with Gasteiger partial charge in [-0.3, -0.25) is 0 Å². The number of nitrogens with two attached hydrogens (primary N) is 1. The number of ether oxygens (including phenoxy) is 2. The fraction of sp³-hybridized carbons (Fsp3) is 0.273. The molecule has 0 bridgehead atoms. The van der Waals surface area contributed by atoms with E-state index >= 15 is 0 Å². The summed E-state index contributed by atoms with van der Waals surface area (Å²) in [5.74, 6) is 1.99. The van der Waals surface area contributed by atoms with Gasteiger partial charge in [0.2, 0.25) is 0 Å². The summed E-state index contributed by atoms with van der Waals surface area (Å²) < 4.78 is 11.5. The number of methoxy groups -OCH3 is 1. The van der Waals surface area contributed by atoms with Crippen LogP contribution in [-0.4, -0.2) is 20.3 Å². The van der Waals surface area contributed by atoms with Gasteiger partial charge >= 0.3 is 0 Å². The van der Waals surface area contributed by atoms with E-state index in [1.807, 2.05) is 31.2 Å². The smallest absolute Gasteiger partial charge is 0.122 e. The Hall–Kier alpha value is -2.52. The summed E-state index contributed by atoms with van der Waals surface area (Å²) in [7, 11) is 1.72. The predicted octanol–water partition coefficient (Wildman–Crippen LogP) is 4.53. The third kappa shape index (κ3) is 3.62. The molecule has 0 spiro atoms. The normalized spacial score (nSPS) is 12.1. The third-order valence-electron chi connectivity index (χ3n) is 4.61. The lowest BCUT2D eigenvalue weighted by Gasteiger charge is -2.21. The Balaban J connectivity index is 2.04. The molecule has 3 aromatic carbocycles. The molecule has 1 unspecified atom stereocenters. The predicted molar refractivity (Wildman–Crippen MR) is 104 cm³/mol. The molecule has 0 radical (unpaired) electrons. The van der Waals surface area contributed by atoms with Crippen LogP contribution in [0.4, 0.5) is 0 Å². The second kappa shape index (κ2) is 8.04. The molecule has 0 saturated heterocycles. The largest absolute Gasteiger partial charge is 0.496 e. The second-order valence-electron chi connectivity index (χ2n) is 6.08. The van der Waals surface area contributed by atoms with Crippen molar-refractivity contribution in [3.05, 3.63) is 71.8 Å². The molecule has 0 heterocycles. The molecule has 2 N–H and O–H groups in total. The van der Waals surface area contributed by atoms with Crippen molar-refractivity contribution < 1.29 is 9.47 Å². The molecule has 1 atom stereocenters. The number of hydrogen-bond acceptors (Lipinski definition) is 3. The van der Waals surface area contributed by atoms with Crippen LogP contribution in [0.15, 0.2) is 60.7 Å². The maximum atomic E-state index is 6.16. The quantitative estimate of drug-likeness (QED) is 0.690. The van der Waals surface area contributed by atoms with Crippen LogP contribution in [0.2, 0.25) is 0 Å². The van der Waals surface area contributed by atoms with Crippen molar-refractivity contribution in [1.29, 1.82) is 0 Å². The molecule has 130 valence electrons. The number of fused-ring (bicyclic) bond motifs is 1. The minimum Gasteiger partial charge on any atom is -0.496 e. The lowest BCUT2D eigenvalue weighted by atomic mass is 9.88. The average molecular weight is 335 g/mol. The molecule has 0 aliphatic heterocycles. The number of rotatable bonds is 7. The Bertz CT molecular complexity index is 844. The molecule has 3 aromatic rings. The van der Waals surface area contributed by atoms with Crippen LogP contribution in [0.5, 0.6) is 11.5 Å². The summed E-state index contributed by atoms with van der Waals surface area (Å²) in [4.78, 5) is 0. The summed E-state index contributed by atoms with van der Waals surface area (Å²) in [6.07, 6.45) is 0.811. The SMILES string of the molecule is CCOc1ccccc1C(CN)Cc1c(OC)ccc2ccccc12. The topological polar surface area (TPSA) is 44.5 Å². The Labute approximate surface area is 149 Å². The van der Waals surface area contributed by atoms with E-state index in [1.165, 1.54) is 16.3 Å². The molecule has 0 aliphatic rings. The third-order valence-corrected chi connectivity index (χ3v) is 4.61. The van der Waals surface area contributed by atoms with Gasteiger partial charge in [-0.25, -0.2) is 0 Å². The molecule has 0 saturated carbocycles. The highest BCUT2D eigenvalue weighted by atomic mass is 16.5. The van der Waals surface area contributed by atoms with E-state index in [0.717, 1.165) is 23.5 Å². The number of para-hydroxylation sites is 1. The van der Waals surface area contributed by atoms with Gasteiger partial charge in [0.05, 0.1) is 13.7 Å². The van der Waals surface area contributed by atoms with Gasteiger partial charge in [0.15, 0.2) is 0 Å². The summed E-state index contributed by atoms with van der Waals surface area (Å²) in [6, 6.07) is 20.7. The minimum atomic E-state index is 0.169. The van der Waals surface area contributed by atoms with Crippen molar-refractivity contribution in [2.24, 2.45) is 5.73 Å². The second-order valence-corrected chi connectivity index (χ2v) is 6.08. The first-order valence-corrected chi connectivity index (χ1v) is 8.74. The summed E-state index contributed by atoms with van der Waals surface area (Å²) in [5.41, 5.74) is 8.51. The average Bonchev–Trinajstić information content (AvgIpc) is 2.67. The highest BCUT2D eigenvalue weighted by Crippen LogP contribution is 2.35. The van der Waals surface area contributed by atoms with Crippen LogP contribution >= 0.6 is 0 Å². The highest BCUT2D eigenvalue weighted by molar-refractivity contribution is 5.87. The summed E-state index contributed by atoms with van der Waals surface area (Å²) in [6.45, 7) is 3.20. The van der Waals surface area contributed by atoms with Crippen LogP contribution in [-0.2, 0) is 6.42 Å². The van der Waals surface area contributed by atoms with Crippen LogP contribution in [0, 0.1) is 0 Å². The maximum absolute atomic E-state index is 6.16. The molecule has 0 aromatic heterocycles. The van der Waals surface area contributed by atoms with Gasteiger partial charge < -0.3 is 15.2 Å². The Morgan fingerprint density at radius 2 is 1.68 bits per heavy atom. The first-order chi connectivity index (χ1) is 12.3. The van der Waals surface area contributed by atoms with Crippen LogP contribution in [0.1, 0.15) is 24.0 Å². The van der Waals surface area contributed by atoms with Crippen LogP contribution in [0.3, 0.4) is 0 Å². The zero-order chi connectivity index (χ0) is 17.6. The molecule has 0 fully saturated rings. The molecule has 3 nitrogen and oxygen atoms in total. The Morgan fingerprint density at radius 1 is 0.920 bits per heavy atom. The summed E-state index contributed by atoms with van der Waals surface area (Å²) >= 11 is 0. The fourth-order valence-electron chi connectivity index (χ4n) is 3.39. The molecule has 3 rings (SSSR count). The fourth-order valence-corrected chi connectivity index (χ4v) is 3.39. The van der Waals surface area contributed by atoms with E-state index in [0.29, 0.717) is 13.2 Å². The summed E-state index contributed by atoms with van der Waals surface area (Å²) in [5, 5.41) is 2.43. The van der Waals surface area contributed by atoms with E-state index in [1.54, 1.807) is 7.11 Å². The lowest BCUT2D eigenvalue weighted by molar-refractivity contribution is 0.334. The Kier molecular flexibility index (Phi) is 5.56. The molecule has 0 aliphatic carbocycles. The van der Waals surface area contributed by atoms with Gasteiger partial charge in [-0.2, -0.15) is 0 Å². The standard InChI is InChI=1S/C22H25NO2/c1-3-25-22-11-7-6-10-19(22)17(15-23)14-20-18-9-5-4-8-16(18)12-13-21(20)24-2/h4-13,17H,3,14-15,23H2,1-2H3. The van der Waals surface area contributed by atoms with Gasteiger partial charge in [0.1, 0.15) is 11.5 Å². The van der Waals surface area contributed by atoms with E-state index in [4.69, 9.17) is 15.2 Å². The minimum absolute atomic E-state index is 0.169. The number of benzene rings is 3.